The van der Waals surface area contributed by atoms with E-state index < -0.39 is 0 Å². The van der Waals surface area contributed by atoms with Crippen molar-refractivity contribution in [3.8, 4) is 5.75 Å². The van der Waals surface area contributed by atoms with Crippen LogP contribution in [0.25, 0.3) is 0 Å². The molecule has 0 saturated heterocycles. The lowest BCUT2D eigenvalue weighted by Gasteiger charge is -2.40. The summed E-state index contributed by atoms with van der Waals surface area (Å²) in [6.45, 7) is 5.60. The molecule has 0 aromatic heterocycles. The molecule has 19 heavy (non-hydrogen) atoms. The van der Waals surface area contributed by atoms with Crippen LogP contribution in [0.4, 0.5) is 0 Å². The summed E-state index contributed by atoms with van der Waals surface area (Å²) in [4.78, 5) is 0. The fraction of sp³-hybridized carbons (Fsp3) is 0.647. The highest BCUT2D eigenvalue weighted by Gasteiger charge is 2.36. The molecule has 2 aliphatic rings. The summed E-state index contributed by atoms with van der Waals surface area (Å²) in [5, 5.41) is 0. The Morgan fingerprint density at radius 2 is 2.11 bits per heavy atom. The monoisotopic (exact) mass is 259 g/mol. The van der Waals surface area contributed by atoms with Crippen molar-refractivity contribution in [2.24, 2.45) is 17.1 Å². The van der Waals surface area contributed by atoms with Crippen LogP contribution < -0.4 is 10.5 Å². The number of rotatable bonds is 2. The molecule has 1 aliphatic carbocycles. The largest absolute Gasteiger partial charge is 0.493 e. The van der Waals surface area contributed by atoms with Crippen LogP contribution in [0.1, 0.15) is 51.0 Å². The first kappa shape index (κ1) is 13.0. The Kier molecular flexibility index (Phi) is 3.30. The quantitative estimate of drug-likeness (QED) is 0.878. The van der Waals surface area contributed by atoms with E-state index in [9.17, 15) is 0 Å². The molecule has 0 amide bonds. The molecule has 104 valence electrons. The molecule has 2 nitrogen and oxygen atoms in total. The summed E-state index contributed by atoms with van der Waals surface area (Å²) in [6, 6.07) is 8.84. The van der Waals surface area contributed by atoms with E-state index in [2.05, 4.69) is 38.1 Å². The average molecular weight is 259 g/mol. The van der Waals surface area contributed by atoms with E-state index in [4.69, 9.17) is 10.5 Å². The predicted octanol–water partition coefficient (Wildman–Crippen LogP) is 3.71. The normalized spacial score (nSPS) is 32.7. The van der Waals surface area contributed by atoms with Crippen molar-refractivity contribution in [3.05, 3.63) is 29.8 Å². The maximum absolute atomic E-state index is 6.36. The number of benzene rings is 1. The lowest BCUT2D eigenvalue weighted by molar-refractivity contribution is 0.141. The van der Waals surface area contributed by atoms with Crippen LogP contribution in [0.3, 0.4) is 0 Å². The van der Waals surface area contributed by atoms with E-state index >= 15 is 0 Å². The molecule has 1 saturated carbocycles. The summed E-state index contributed by atoms with van der Waals surface area (Å²) >= 11 is 0. The van der Waals surface area contributed by atoms with Crippen LogP contribution in [-0.2, 0) is 0 Å². The van der Waals surface area contributed by atoms with Crippen LogP contribution in [0.5, 0.6) is 5.75 Å². The molecule has 2 N–H and O–H groups in total. The molecular formula is C17H25NO. The van der Waals surface area contributed by atoms with Crippen LogP contribution in [0, 0.1) is 11.3 Å². The Morgan fingerprint density at radius 1 is 1.32 bits per heavy atom. The van der Waals surface area contributed by atoms with Gasteiger partial charge in [-0.2, -0.15) is 0 Å². The number of ether oxygens (including phenoxy) is 1. The molecule has 2 heteroatoms. The average Bonchev–Trinajstić information content (AvgIpc) is 2.77. The maximum atomic E-state index is 6.36. The molecule has 0 bridgehead atoms. The summed E-state index contributed by atoms with van der Waals surface area (Å²) in [5.74, 6) is 2.26. The molecule has 0 radical (unpaired) electrons. The molecule has 1 fully saturated rings. The van der Waals surface area contributed by atoms with Gasteiger partial charge in [0.25, 0.3) is 0 Å². The summed E-state index contributed by atoms with van der Waals surface area (Å²) < 4.78 is 5.80. The zero-order chi connectivity index (χ0) is 13.5. The first-order valence-electron chi connectivity index (χ1n) is 7.52. The Morgan fingerprint density at radius 3 is 2.95 bits per heavy atom. The fourth-order valence-corrected chi connectivity index (χ4v) is 3.80. The summed E-state index contributed by atoms with van der Waals surface area (Å²) in [6.07, 6.45) is 4.88. The summed E-state index contributed by atoms with van der Waals surface area (Å²) in [5.41, 5.74) is 8.20. The molecule has 0 spiro atoms. The topological polar surface area (TPSA) is 35.2 Å². The van der Waals surface area contributed by atoms with Crippen LogP contribution >= 0.6 is 0 Å². The highest BCUT2D eigenvalue weighted by molar-refractivity contribution is 5.39. The van der Waals surface area contributed by atoms with Gasteiger partial charge >= 0.3 is 0 Å². The van der Waals surface area contributed by atoms with Gasteiger partial charge in [-0.25, -0.2) is 0 Å². The third-order valence-corrected chi connectivity index (χ3v) is 4.96. The third kappa shape index (κ3) is 2.64. The number of hydrogen-bond donors (Lipinski definition) is 1. The van der Waals surface area contributed by atoms with Crippen molar-refractivity contribution in [1.29, 1.82) is 0 Å². The molecule has 1 aliphatic heterocycles. The molecule has 1 aromatic carbocycles. The third-order valence-electron chi connectivity index (χ3n) is 4.96. The number of hydrogen-bond acceptors (Lipinski definition) is 2. The standard InChI is InChI=1S/C17H25NO/c1-17(2)8-7-15(18)12(10-17)9-13-11-19-16-6-4-3-5-14(13)16/h3-6,12-13,15H,7-11,18H2,1-2H3. The second kappa shape index (κ2) is 4.82. The van der Waals surface area contributed by atoms with Crippen molar-refractivity contribution in [3.63, 3.8) is 0 Å². The van der Waals surface area contributed by atoms with E-state index in [1.165, 1.54) is 31.2 Å². The number of para-hydroxylation sites is 1. The zero-order valence-corrected chi connectivity index (χ0v) is 12.1. The van der Waals surface area contributed by atoms with Crippen LogP contribution in [0.2, 0.25) is 0 Å². The van der Waals surface area contributed by atoms with Crippen LogP contribution in [-0.4, -0.2) is 12.6 Å². The summed E-state index contributed by atoms with van der Waals surface area (Å²) in [7, 11) is 0. The van der Waals surface area contributed by atoms with Gasteiger partial charge in [0.2, 0.25) is 0 Å². The second-order valence-electron chi connectivity index (χ2n) is 7.11. The van der Waals surface area contributed by atoms with Crippen molar-refractivity contribution in [1.82, 2.24) is 0 Å². The van der Waals surface area contributed by atoms with Crippen molar-refractivity contribution >= 4 is 0 Å². The minimum absolute atomic E-state index is 0.376. The molecule has 1 aromatic rings. The highest BCUT2D eigenvalue weighted by atomic mass is 16.5. The van der Waals surface area contributed by atoms with Gasteiger partial charge in [-0.15, -0.1) is 0 Å². The van der Waals surface area contributed by atoms with Gasteiger partial charge in [-0.1, -0.05) is 32.0 Å². The minimum atomic E-state index is 0.376. The van der Waals surface area contributed by atoms with Crippen LogP contribution in [0.15, 0.2) is 24.3 Å². The zero-order valence-electron chi connectivity index (χ0n) is 12.1. The van der Waals surface area contributed by atoms with Gasteiger partial charge in [0.05, 0.1) is 6.61 Å². The Labute approximate surface area is 116 Å². The van der Waals surface area contributed by atoms with Gasteiger partial charge in [0, 0.05) is 17.5 Å². The molecule has 3 unspecified atom stereocenters. The highest BCUT2D eigenvalue weighted by Crippen LogP contribution is 2.44. The molecule has 3 rings (SSSR count). The first-order chi connectivity index (χ1) is 9.05. The number of fused-ring (bicyclic) bond motifs is 1. The van der Waals surface area contributed by atoms with E-state index in [1.54, 1.807) is 0 Å². The Balaban J connectivity index is 1.72. The fourth-order valence-electron chi connectivity index (χ4n) is 3.80. The number of nitrogens with two attached hydrogens (primary N) is 1. The van der Waals surface area contributed by atoms with E-state index in [1.807, 2.05) is 0 Å². The lowest BCUT2D eigenvalue weighted by Crippen LogP contribution is -2.40. The maximum Gasteiger partial charge on any atom is 0.122 e. The van der Waals surface area contributed by atoms with Gasteiger partial charge in [-0.05, 0) is 43.1 Å². The smallest absolute Gasteiger partial charge is 0.122 e. The van der Waals surface area contributed by atoms with E-state index in [-0.39, 0.29) is 0 Å². The second-order valence-corrected chi connectivity index (χ2v) is 7.11. The first-order valence-corrected chi connectivity index (χ1v) is 7.52. The minimum Gasteiger partial charge on any atom is -0.493 e. The van der Waals surface area contributed by atoms with Crippen molar-refractivity contribution < 1.29 is 4.74 Å². The van der Waals surface area contributed by atoms with Gasteiger partial charge in [-0.3, -0.25) is 0 Å². The van der Waals surface area contributed by atoms with Gasteiger partial charge < -0.3 is 10.5 Å². The predicted molar refractivity (Wildman–Crippen MR) is 78.4 cm³/mol. The SMILES string of the molecule is CC1(C)CCC(N)C(CC2COc3ccccc32)C1. The van der Waals surface area contributed by atoms with Gasteiger partial charge in [0.1, 0.15) is 5.75 Å². The molecule has 3 atom stereocenters. The van der Waals surface area contributed by atoms with Crippen molar-refractivity contribution in [2.45, 2.75) is 51.5 Å². The Bertz CT molecular complexity index is 454. The van der Waals surface area contributed by atoms with Crippen molar-refractivity contribution in [2.75, 3.05) is 6.61 Å². The van der Waals surface area contributed by atoms with E-state index in [0.717, 1.165) is 12.4 Å². The molecule has 1 heterocycles. The lowest BCUT2D eigenvalue weighted by atomic mass is 9.67. The molecular weight excluding hydrogens is 234 g/mol. The van der Waals surface area contributed by atoms with Gasteiger partial charge in [0.15, 0.2) is 0 Å². The Hall–Kier alpha value is -1.02. The van der Waals surface area contributed by atoms with E-state index in [0.29, 0.717) is 23.3 Å².